The van der Waals surface area contributed by atoms with Gasteiger partial charge in [-0.3, -0.25) is 4.79 Å². The molecule has 0 unspecified atom stereocenters. The molecule has 2 aliphatic rings. The highest BCUT2D eigenvalue weighted by Gasteiger charge is 2.32. The van der Waals surface area contributed by atoms with Gasteiger partial charge >= 0.3 is 0 Å². The lowest BCUT2D eigenvalue weighted by Gasteiger charge is -2.39. The zero-order chi connectivity index (χ0) is 21.9. The van der Waals surface area contributed by atoms with E-state index in [4.69, 9.17) is 10.00 Å². The lowest BCUT2D eigenvalue weighted by molar-refractivity contribution is -0.150. The lowest BCUT2D eigenvalue weighted by Crippen LogP contribution is -2.53. The number of carbonyl (C=O) groups is 1. The molecule has 2 aliphatic heterocycles. The Bertz CT molecular complexity index is 1180. The molecular formula is C24H24N6O2. The zero-order valence-corrected chi connectivity index (χ0v) is 17.7. The summed E-state index contributed by atoms with van der Waals surface area (Å²) in [4.78, 5) is 16.7. The molecule has 0 atom stereocenters. The molecule has 32 heavy (non-hydrogen) atoms. The number of rotatable bonds is 5. The molecule has 3 aromatic rings. The summed E-state index contributed by atoms with van der Waals surface area (Å²) in [5, 5.41) is 21.9. The third-order valence-electron chi connectivity index (χ3n) is 6.11. The van der Waals surface area contributed by atoms with Crippen LogP contribution in [0.25, 0.3) is 10.9 Å². The highest BCUT2D eigenvalue weighted by atomic mass is 16.5. The van der Waals surface area contributed by atoms with Crippen LogP contribution < -0.4 is 10.2 Å². The number of nitriles is 1. The lowest BCUT2D eigenvalue weighted by atomic mass is 10.1. The van der Waals surface area contributed by atoms with Gasteiger partial charge in [0, 0.05) is 43.8 Å². The van der Waals surface area contributed by atoms with Gasteiger partial charge in [0.25, 0.3) is 0 Å². The van der Waals surface area contributed by atoms with E-state index in [-0.39, 0.29) is 11.8 Å². The monoisotopic (exact) mass is 428 g/mol. The van der Waals surface area contributed by atoms with E-state index in [0.717, 1.165) is 54.0 Å². The molecule has 1 amide bonds. The molecule has 5 rings (SSSR count). The molecule has 0 bridgehead atoms. The summed E-state index contributed by atoms with van der Waals surface area (Å²) >= 11 is 0. The normalized spacial score (nSPS) is 16.5. The van der Waals surface area contributed by atoms with Gasteiger partial charge in [0.15, 0.2) is 0 Å². The van der Waals surface area contributed by atoms with Gasteiger partial charge in [-0.2, -0.15) is 15.5 Å². The fourth-order valence-corrected chi connectivity index (χ4v) is 4.15. The van der Waals surface area contributed by atoms with Crippen molar-refractivity contribution in [1.29, 1.82) is 5.26 Å². The molecule has 0 spiro atoms. The van der Waals surface area contributed by atoms with Crippen molar-refractivity contribution in [3.63, 3.8) is 0 Å². The maximum absolute atomic E-state index is 12.5. The maximum atomic E-state index is 12.5. The van der Waals surface area contributed by atoms with Crippen molar-refractivity contribution in [2.24, 2.45) is 5.92 Å². The number of hydrogen-bond acceptors (Lipinski definition) is 7. The molecular weight excluding hydrogens is 404 g/mol. The molecule has 162 valence electrons. The predicted octanol–water partition coefficient (Wildman–Crippen LogP) is 2.41. The fraction of sp³-hybridized carbons (Fsp3) is 0.333. The average molecular weight is 428 g/mol. The first-order valence-corrected chi connectivity index (χ1v) is 10.8. The number of anilines is 2. The fourth-order valence-electron chi connectivity index (χ4n) is 4.15. The Morgan fingerprint density at radius 1 is 1.16 bits per heavy atom. The van der Waals surface area contributed by atoms with Crippen LogP contribution in [-0.4, -0.2) is 60.4 Å². The summed E-state index contributed by atoms with van der Waals surface area (Å²) in [5.41, 5.74) is 4.51. The Labute approximate surface area is 186 Å². The summed E-state index contributed by atoms with van der Waals surface area (Å²) < 4.78 is 5.16. The van der Waals surface area contributed by atoms with Crippen LogP contribution >= 0.6 is 0 Å². The zero-order valence-electron chi connectivity index (χ0n) is 17.7. The van der Waals surface area contributed by atoms with Gasteiger partial charge in [0.05, 0.1) is 48.2 Å². The molecule has 8 nitrogen and oxygen atoms in total. The van der Waals surface area contributed by atoms with Gasteiger partial charge in [-0.25, -0.2) is 0 Å². The molecule has 0 radical (unpaired) electrons. The van der Waals surface area contributed by atoms with E-state index in [0.29, 0.717) is 25.3 Å². The summed E-state index contributed by atoms with van der Waals surface area (Å²) in [6.45, 7) is 4.75. The topological polar surface area (TPSA) is 94.4 Å². The number of piperazine rings is 1. The van der Waals surface area contributed by atoms with Crippen molar-refractivity contribution in [3.05, 3.63) is 59.8 Å². The highest BCUT2D eigenvalue weighted by molar-refractivity contribution is 5.93. The van der Waals surface area contributed by atoms with Gasteiger partial charge in [0.1, 0.15) is 0 Å². The van der Waals surface area contributed by atoms with Crippen LogP contribution in [0, 0.1) is 17.2 Å². The summed E-state index contributed by atoms with van der Waals surface area (Å²) in [7, 11) is 0. The van der Waals surface area contributed by atoms with E-state index >= 15 is 0 Å². The molecule has 2 aromatic carbocycles. The number of aromatic nitrogens is 2. The second-order valence-corrected chi connectivity index (χ2v) is 8.17. The number of nitrogens with one attached hydrogen (secondary N) is 1. The first-order valence-electron chi connectivity index (χ1n) is 10.8. The van der Waals surface area contributed by atoms with E-state index in [9.17, 15) is 4.79 Å². The number of fused-ring (bicyclic) bond motifs is 1. The van der Waals surface area contributed by atoms with Gasteiger partial charge in [-0.05, 0) is 35.9 Å². The number of carbonyl (C=O) groups excluding carboxylic acids is 1. The van der Waals surface area contributed by atoms with E-state index in [2.05, 4.69) is 38.6 Å². The first kappa shape index (κ1) is 20.2. The minimum Gasteiger partial charge on any atom is -0.380 e. The second-order valence-electron chi connectivity index (χ2n) is 8.17. The Morgan fingerprint density at radius 2 is 2.00 bits per heavy atom. The van der Waals surface area contributed by atoms with E-state index in [1.54, 1.807) is 12.3 Å². The molecule has 1 aromatic heterocycles. The van der Waals surface area contributed by atoms with Gasteiger partial charge < -0.3 is 19.9 Å². The van der Waals surface area contributed by atoms with Crippen LogP contribution in [-0.2, 0) is 16.1 Å². The molecule has 3 heterocycles. The van der Waals surface area contributed by atoms with Crippen LogP contribution in [0.4, 0.5) is 11.4 Å². The molecule has 8 heteroatoms. The number of benzene rings is 2. The van der Waals surface area contributed by atoms with Crippen molar-refractivity contribution in [3.8, 4) is 6.07 Å². The molecule has 0 saturated carbocycles. The number of hydrogen-bond donors (Lipinski definition) is 1. The van der Waals surface area contributed by atoms with Crippen LogP contribution in [0.15, 0.2) is 48.7 Å². The van der Waals surface area contributed by atoms with Crippen LogP contribution in [0.5, 0.6) is 0 Å². The number of amides is 1. The standard InChI is InChI=1S/C24H24N6O2/c25-12-17-2-1-3-18(10-17)13-26-23-14-27-28-22-5-4-20(11-21(22)23)29-6-8-30(9-7-29)24(31)19-15-32-16-19/h1-5,10-11,14,19H,6-9,13,15-16H2,(H,26,28). The van der Waals surface area contributed by atoms with E-state index in [1.807, 2.05) is 29.2 Å². The Balaban J connectivity index is 1.30. The van der Waals surface area contributed by atoms with Crippen molar-refractivity contribution in [1.82, 2.24) is 15.1 Å². The SMILES string of the molecule is N#Cc1cccc(CNc2cnnc3ccc(N4CCN(C(=O)C5COC5)CC4)cc23)c1. The van der Waals surface area contributed by atoms with Crippen LogP contribution in [0.3, 0.4) is 0 Å². The van der Waals surface area contributed by atoms with Crippen molar-refractivity contribution < 1.29 is 9.53 Å². The first-order chi connectivity index (χ1) is 15.7. The third-order valence-corrected chi connectivity index (χ3v) is 6.11. The smallest absolute Gasteiger partial charge is 0.230 e. The average Bonchev–Trinajstić information content (AvgIpc) is 2.81. The predicted molar refractivity (Wildman–Crippen MR) is 121 cm³/mol. The van der Waals surface area contributed by atoms with Gasteiger partial charge in [-0.15, -0.1) is 0 Å². The van der Waals surface area contributed by atoms with Gasteiger partial charge in [-0.1, -0.05) is 12.1 Å². The van der Waals surface area contributed by atoms with Crippen LogP contribution in [0.2, 0.25) is 0 Å². The molecule has 2 fully saturated rings. The third kappa shape index (κ3) is 4.07. The minimum atomic E-state index is 0.0447. The van der Waals surface area contributed by atoms with Crippen molar-refractivity contribution in [2.75, 3.05) is 49.6 Å². The quantitative estimate of drug-likeness (QED) is 0.667. The van der Waals surface area contributed by atoms with E-state index < -0.39 is 0 Å². The maximum Gasteiger partial charge on any atom is 0.230 e. The summed E-state index contributed by atoms with van der Waals surface area (Å²) in [6.07, 6.45) is 1.73. The Hall–Kier alpha value is -3.70. The Morgan fingerprint density at radius 3 is 2.75 bits per heavy atom. The van der Waals surface area contributed by atoms with Crippen molar-refractivity contribution >= 4 is 28.2 Å². The molecule has 1 N–H and O–H groups in total. The number of nitrogens with zero attached hydrogens (tertiary/aromatic N) is 5. The summed E-state index contributed by atoms with van der Waals surface area (Å²) in [6, 6.07) is 15.9. The van der Waals surface area contributed by atoms with Crippen molar-refractivity contribution in [2.45, 2.75) is 6.54 Å². The molecule has 0 aliphatic carbocycles. The minimum absolute atomic E-state index is 0.0447. The molecule has 2 saturated heterocycles. The second kappa shape index (κ2) is 8.81. The van der Waals surface area contributed by atoms with Gasteiger partial charge in [0.2, 0.25) is 5.91 Å². The van der Waals surface area contributed by atoms with Crippen LogP contribution in [0.1, 0.15) is 11.1 Å². The number of ether oxygens (including phenoxy) is 1. The Kier molecular flexibility index (Phi) is 5.57. The van der Waals surface area contributed by atoms with E-state index in [1.165, 1.54) is 0 Å². The highest BCUT2D eigenvalue weighted by Crippen LogP contribution is 2.27. The summed E-state index contributed by atoms with van der Waals surface area (Å²) in [5.74, 6) is 0.264. The largest absolute Gasteiger partial charge is 0.380 e.